The Balaban J connectivity index is 1.25. The van der Waals surface area contributed by atoms with E-state index in [-0.39, 0.29) is 29.2 Å². The number of halogens is 4. The highest BCUT2D eigenvalue weighted by molar-refractivity contribution is 5.80. The van der Waals surface area contributed by atoms with Gasteiger partial charge in [-0.25, -0.2) is 9.18 Å². The standard InChI is InChI=1S/C22H26F4N4O4/c23-17-6-16(34-22(24,25)26)3-1-13(17)11-33-21(32)30-9-14-7-29(8-15(14)10-30)20(31)12-2-4-18(27)19(28)5-12/h1,3,6,12,14-15H,2,4-5,7-11,27-28H2/t12-,14+,15+/m1/s1. The molecule has 2 fully saturated rings. The topological polar surface area (TPSA) is 111 Å². The summed E-state index contributed by atoms with van der Waals surface area (Å²) in [5.74, 6) is -1.53. The number of hydrogen-bond acceptors (Lipinski definition) is 6. The number of amides is 2. The first kappa shape index (κ1) is 24.0. The summed E-state index contributed by atoms with van der Waals surface area (Å²) in [7, 11) is 0. The number of allylic oxidation sites excluding steroid dienone is 2. The third kappa shape index (κ3) is 5.31. The molecule has 4 rings (SSSR count). The highest BCUT2D eigenvalue weighted by Gasteiger charge is 2.44. The van der Waals surface area contributed by atoms with Crippen molar-refractivity contribution in [2.45, 2.75) is 32.2 Å². The molecule has 0 aromatic heterocycles. The van der Waals surface area contributed by atoms with E-state index in [1.807, 2.05) is 4.90 Å². The summed E-state index contributed by atoms with van der Waals surface area (Å²) in [6.07, 6.45) is -3.81. The summed E-state index contributed by atoms with van der Waals surface area (Å²) in [5, 5.41) is 0. The maximum absolute atomic E-state index is 14.1. The summed E-state index contributed by atoms with van der Waals surface area (Å²) < 4.78 is 59.6. The van der Waals surface area contributed by atoms with Gasteiger partial charge in [0.2, 0.25) is 5.91 Å². The van der Waals surface area contributed by atoms with Crippen LogP contribution >= 0.6 is 0 Å². The number of nitrogens with two attached hydrogens (primary N) is 2. The fourth-order valence-electron chi connectivity index (χ4n) is 4.85. The van der Waals surface area contributed by atoms with Crippen LogP contribution in [0.4, 0.5) is 22.4 Å². The number of likely N-dealkylation sites (tertiary alicyclic amines) is 2. The number of benzene rings is 1. The molecule has 34 heavy (non-hydrogen) atoms. The number of rotatable bonds is 4. The molecule has 2 aliphatic heterocycles. The summed E-state index contributed by atoms with van der Waals surface area (Å²) in [6, 6.07) is 2.62. The maximum Gasteiger partial charge on any atom is 0.573 e. The molecule has 0 saturated carbocycles. The van der Waals surface area contributed by atoms with Crippen molar-refractivity contribution < 1.29 is 36.6 Å². The average Bonchev–Trinajstić information content (AvgIpc) is 3.33. The van der Waals surface area contributed by atoms with Crippen LogP contribution in [0.1, 0.15) is 24.8 Å². The second-order valence-electron chi connectivity index (χ2n) is 9.01. The fourth-order valence-corrected chi connectivity index (χ4v) is 4.85. The highest BCUT2D eigenvalue weighted by atomic mass is 19.4. The number of carbonyl (C=O) groups excluding carboxylic acids is 2. The third-order valence-electron chi connectivity index (χ3n) is 6.66. The Morgan fingerprint density at radius 2 is 1.68 bits per heavy atom. The molecular formula is C22H26F4N4O4. The molecule has 4 N–H and O–H groups in total. The summed E-state index contributed by atoms with van der Waals surface area (Å²) in [5.41, 5.74) is 12.9. The first-order chi connectivity index (χ1) is 16.0. The van der Waals surface area contributed by atoms with Gasteiger partial charge in [-0.05, 0) is 25.0 Å². The van der Waals surface area contributed by atoms with Crippen molar-refractivity contribution in [1.29, 1.82) is 0 Å². The van der Waals surface area contributed by atoms with E-state index in [2.05, 4.69) is 4.74 Å². The average molecular weight is 486 g/mol. The third-order valence-corrected chi connectivity index (χ3v) is 6.66. The van der Waals surface area contributed by atoms with E-state index >= 15 is 0 Å². The van der Waals surface area contributed by atoms with Crippen molar-refractivity contribution in [3.8, 4) is 5.75 Å². The van der Waals surface area contributed by atoms with Crippen molar-refractivity contribution >= 4 is 12.0 Å². The molecule has 1 aromatic carbocycles. The number of alkyl halides is 3. The van der Waals surface area contributed by atoms with Gasteiger partial charge in [-0.2, -0.15) is 0 Å². The lowest BCUT2D eigenvalue weighted by Crippen LogP contribution is -2.39. The van der Waals surface area contributed by atoms with E-state index in [9.17, 15) is 27.2 Å². The molecular weight excluding hydrogens is 460 g/mol. The number of nitrogens with zero attached hydrogens (tertiary/aromatic N) is 2. The molecule has 3 atom stereocenters. The van der Waals surface area contributed by atoms with Crippen LogP contribution in [0.3, 0.4) is 0 Å². The van der Waals surface area contributed by atoms with E-state index in [1.54, 1.807) is 0 Å². The first-order valence-corrected chi connectivity index (χ1v) is 11.0. The summed E-state index contributed by atoms with van der Waals surface area (Å²) in [6.45, 7) is 1.48. The van der Waals surface area contributed by atoms with E-state index < -0.39 is 30.6 Å². The van der Waals surface area contributed by atoms with Crippen LogP contribution in [-0.2, 0) is 16.1 Å². The summed E-state index contributed by atoms with van der Waals surface area (Å²) in [4.78, 5) is 28.7. The molecule has 8 nitrogen and oxygen atoms in total. The zero-order valence-corrected chi connectivity index (χ0v) is 18.3. The normalized spacial score (nSPS) is 24.9. The van der Waals surface area contributed by atoms with Gasteiger partial charge in [0.1, 0.15) is 18.2 Å². The molecule has 186 valence electrons. The molecule has 0 spiro atoms. The van der Waals surface area contributed by atoms with Gasteiger partial charge < -0.3 is 30.7 Å². The molecule has 2 saturated heterocycles. The lowest BCUT2D eigenvalue weighted by Gasteiger charge is -2.28. The van der Waals surface area contributed by atoms with Gasteiger partial charge in [0, 0.05) is 73.4 Å². The molecule has 0 bridgehead atoms. The number of hydrogen-bond donors (Lipinski definition) is 2. The Kier molecular flexibility index (Phi) is 6.50. The lowest BCUT2D eigenvalue weighted by molar-refractivity contribution is -0.274. The molecule has 1 aliphatic carbocycles. The molecule has 12 heteroatoms. The van der Waals surface area contributed by atoms with E-state index in [1.165, 1.54) is 4.90 Å². The van der Waals surface area contributed by atoms with Gasteiger partial charge in [0.05, 0.1) is 0 Å². The number of ether oxygens (including phenoxy) is 2. The van der Waals surface area contributed by atoms with Gasteiger partial charge in [-0.1, -0.05) is 0 Å². The Morgan fingerprint density at radius 1 is 1.03 bits per heavy atom. The second kappa shape index (κ2) is 9.22. The van der Waals surface area contributed by atoms with Crippen LogP contribution in [0.2, 0.25) is 0 Å². The highest BCUT2D eigenvalue weighted by Crippen LogP contribution is 2.34. The quantitative estimate of drug-likeness (QED) is 0.634. The SMILES string of the molecule is NC1=C(N)C[C@H](C(=O)N2C[C@H]3CN(C(=O)OCc4ccc(OC(F)(F)F)cc4F)C[C@@H]3C2)CC1. The van der Waals surface area contributed by atoms with Gasteiger partial charge in [0.25, 0.3) is 0 Å². The lowest BCUT2D eigenvalue weighted by atomic mass is 9.89. The number of fused-ring (bicyclic) bond motifs is 1. The maximum atomic E-state index is 14.1. The first-order valence-electron chi connectivity index (χ1n) is 11.0. The van der Waals surface area contributed by atoms with Crippen molar-refractivity contribution in [2.75, 3.05) is 26.2 Å². The minimum Gasteiger partial charge on any atom is -0.444 e. The zero-order valence-electron chi connectivity index (χ0n) is 18.3. The Morgan fingerprint density at radius 3 is 2.26 bits per heavy atom. The van der Waals surface area contributed by atoms with Crippen molar-refractivity contribution in [3.63, 3.8) is 0 Å². The molecule has 2 amide bonds. The van der Waals surface area contributed by atoms with Crippen molar-refractivity contribution in [1.82, 2.24) is 9.80 Å². The van der Waals surface area contributed by atoms with Crippen LogP contribution in [0.5, 0.6) is 5.75 Å². The molecule has 1 aromatic rings. The van der Waals surface area contributed by atoms with E-state index in [0.717, 1.165) is 12.1 Å². The van der Waals surface area contributed by atoms with E-state index in [0.29, 0.717) is 62.9 Å². The van der Waals surface area contributed by atoms with Crippen LogP contribution in [0.15, 0.2) is 29.6 Å². The van der Waals surface area contributed by atoms with Crippen LogP contribution in [-0.4, -0.2) is 54.3 Å². The minimum atomic E-state index is -4.93. The van der Waals surface area contributed by atoms with Crippen LogP contribution in [0.25, 0.3) is 0 Å². The van der Waals surface area contributed by atoms with Crippen LogP contribution < -0.4 is 16.2 Å². The second-order valence-corrected chi connectivity index (χ2v) is 9.01. The smallest absolute Gasteiger partial charge is 0.444 e. The predicted molar refractivity (Wildman–Crippen MR) is 111 cm³/mol. The van der Waals surface area contributed by atoms with Crippen molar-refractivity contribution in [3.05, 3.63) is 41.0 Å². The van der Waals surface area contributed by atoms with Gasteiger partial charge >= 0.3 is 12.5 Å². The molecule has 0 unspecified atom stereocenters. The van der Waals surface area contributed by atoms with E-state index in [4.69, 9.17) is 16.2 Å². The summed E-state index contributed by atoms with van der Waals surface area (Å²) >= 11 is 0. The minimum absolute atomic E-state index is 0.0624. The fraction of sp³-hybridized carbons (Fsp3) is 0.545. The Hall–Kier alpha value is -3.18. The monoisotopic (exact) mass is 486 g/mol. The molecule has 3 aliphatic rings. The van der Waals surface area contributed by atoms with Gasteiger partial charge in [-0.15, -0.1) is 13.2 Å². The Labute approximate surface area is 193 Å². The van der Waals surface area contributed by atoms with Gasteiger partial charge in [-0.3, -0.25) is 4.79 Å². The number of carbonyl (C=O) groups is 2. The van der Waals surface area contributed by atoms with Crippen LogP contribution in [0, 0.1) is 23.6 Å². The molecule has 0 radical (unpaired) electrons. The van der Waals surface area contributed by atoms with Crippen molar-refractivity contribution in [2.24, 2.45) is 29.2 Å². The largest absolute Gasteiger partial charge is 0.573 e. The predicted octanol–water partition coefficient (Wildman–Crippen LogP) is 2.68. The molecule has 2 heterocycles. The zero-order chi connectivity index (χ0) is 24.6. The Bertz CT molecular complexity index is 986. The van der Waals surface area contributed by atoms with Gasteiger partial charge in [0.15, 0.2) is 0 Å².